The number of para-hydroxylation sites is 1. The monoisotopic (exact) mass is 323 g/mol. The number of nitrogens with one attached hydrogen (secondary N) is 1. The van der Waals surface area contributed by atoms with E-state index < -0.39 is 5.91 Å². The number of rotatable bonds is 4. The highest BCUT2D eigenvalue weighted by Gasteiger charge is 2.17. The first-order valence-corrected chi connectivity index (χ1v) is 7.44. The van der Waals surface area contributed by atoms with E-state index in [1.54, 1.807) is 13.2 Å². The van der Waals surface area contributed by atoms with Gasteiger partial charge in [-0.05, 0) is 43.2 Å². The SMILES string of the molecule is COc1cccc(-c2nnc(C(=O)Nc3c(C)cccc3C)o2)c1. The molecule has 0 bridgehead atoms. The number of amides is 1. The summed E-state index contributed by atoms with van der Waals surface area (Å²) in [6, 6.07) is 13.0. The van der Waals surface area contributed by atoms with Crippen molar-refractivity contribution in [2.75, 3.05) is 12.4 Å². The van der Waals surface area contributed by atoms with Gasteiger partial charge in [-0.3, -0.25) is 4.79 Å². The molecule has 0 aliphatic rings. The van der Waals surface area contributed by atoms with Gasteiger partial charge in [0.05, 0.1) is 7.11 Å². The molecular formula is C18H17N3O3. The molecule has 0 saturated carbocycles. The van der Waals surface area contributed by atoms with Crippen molar-refractivity contribution in [3.8, 4) is 17.2 Å². The first-order valence-electron chi connectivity index (χ1n) is 7.44. The third kappa shape index (κ3) is 3.12. The molecule has 0 saturated heterocycles. The van der Waals surface area contributed by atoms with Crippen LogP contribution < -0.4 is 10.1 Å². The minimum atomic E-state index is -0.436. The molecule has 122 valence electrons. The second kappa shape index (κ2) is 6.54. The van der Waals surface area contributed by atoms with Crippen LogP contribution in [0.3, 0.4) is 0 Å². The molecule has 1 aromatic heterocycles. The molecule has 3 rings (SSSR count). The van der Waals surface area contributed by atoms with E-state index in [0.29, 0.717) is 11.3 Å². The van der Waals surface area contributed by atoms with Gasteiger partial charge in [0.15, 0.2) is 0 Å². The van der Waals surface area contributed by atoms with E-state index in [1.165, 1.54) is 0 Å². The Morgan fingerprint density at radius 1 is 1.08 bits per heavy atom. The van der Waals surface area contributed by atoms with Crippen LogP contribution in [-0.2, 0) is 0 Å². The van der Waals surface area contributed by atoms with Crippen molar-refractivity contribution in [3.63, 3.8) is 0 Å². The highest BCUT2D eigenvalue weighted by molar-refractivity contribution is 6.01. The minimum Gasteiger partial charge on any atom is -0.497 e. The van der Waals surface area contributed by atoms with E-state index in [-0.39, 0.29) is 11.8 Å². The number of nitrogens with zero attached hydrogens (tertiary/aromatic N) is 2. The van der Waals surface area contributed by atoms with E-state index >= 15 is 0 Å². The molecule has 0 aliphatic heterocycles. The number of carbonyl (C=O) groups is 1. The molecule has 24 heavy (non-hydrogen) atoms. The molecule has 6 nitrogen and oxygen atoms in total. The van der Waals surface area contributed by atoms with Gasteiger partial charge >= 0.3 is 11.8 Å². The first-order chi connectivity index (χ1) is 11.6. The van der Waals surface area contributed by atoms with Gasteiger partial charge in [-0.2, -0.15) is 0 Å². The number of aryl methyl sites for hydroxylation is 2. The zero-order chi connectivity index (χ0) is 17.1. The van der Waals surface area contributed by atoms with Crippen LogP contribution in [0, 0.1) is 13.8 Å². The highest BCUT2D eigenvalue weighted by atomic mass is 16.5. The van der Waals surface area contributed by atoms with Crippen molar-refractivity contribution < 1.29 is 13.9 Å². The van der Waals surface area contributed by atoms with Gasteiger partial charge in [-0.15, -0.1) is 10.2 Å². The van der Waals surface area contributed by atoms with E-state index in [0.717, 1.165) is 16.8 Å². The van der Waals surface area contributed by atoms with Gasteiger partial charge in [0, 0.05) is 11.3 Å². The van der Waals surface area contributed by atoms with Crippen molar-refractivity contribution >= 4 is 11.6 Å². The van der Waals surface area contributed by atoms with Gasteiger partial charge < -0.3 is 14.5 Å². The highest BCUT2D eigenvalue weighted by Crippen LogP contribution is 2.24. The molecular weight excluding hydrogens is 306 g/mol. The predicted molar refractivity (Wildman–Crippen MR) is 90.2 cm³/mol. The average Bonchev–Trinajstić information content (AvgIpc) is 3.08. The third-order valence-corrected chi connectivity index (χ3v) is 3.66. The van der Waals surface area contributed by atoms with E-state index in [4.69, 9.17) is 9.15 Å². The van der Waals surface area contributed by atoms with Crippen LogP contribution in [0.2, 0.25) is 0 Å². The molecule has 2 aromatic carbocycles. The fourth-order valence-electron chi connectivity index (χ4n) is 2.37. The maximum Gasteiger partial charge on any atom is 0.313 e. The average molecular weight is 323 g/mol. The van der Waals surface area contributed by atoms with Crippen LogP contribution in [0.4, 0.5) is 5.69 Å². The summed E-state index contributed by atoms with van der Waals surface area (Å²) in [6.45, 7) is 3.86. The van der Waals surface area contributed by atoms with Gasteiger partial charge in [-0.25, -0.2) is 0 Å². The lowest BCUT2D eigenvalue weighted by molar-refractivity contribution is 0.0990. The van der Waals surface area contributed by atoms with Crippen LogP contribution in [-0.4, -0.2) is 23.2 Å². The van der Waals surface area contributed by atoms with Crippen LogP contribution in [0.1, 0.15) is 21.8 Å². The normalized spacial score (nSPS) is 10.5. The van der Waals surface area contributed by atoms with Gasteiger partial charge in [-0.1, -0.05) is 24.3 Å². The van der Waals surface area contributed by atoms with Crippen molar-refractivity contribution in [1.82, 2.24) is 10.2 Å². The van der Waals surface area contributed by atoms with Crippen LogP contribution >= 0.6 is 0 Å². The largest absolute Gasteiger partial charge is 0.497 e. The van der Waals surface area contributed by atoms with E-state index in [1.807, 2.05) is 50.2 Å². The zero-order valence-electron chi connectivity index (χ0n) is 13.7. The second-order valence-electron chi connectivity index (χ2n) is 5.37. The fraction of sp³-hybridized carbons (Fsp3) is 0.167. The Morgan fingerprint density at radius 2 is 1.79 bits per heavy atom. The van der Waals surface area contributed by atoms with Crippen molar-refractivity contribution in [2.24, 2.45) is 0 Å². The molecule has 1 amide bonds. The molecule has 0 unspecified atom stereocenters. The lowest BCUT2D eigenvalue weighted by Gasteiger charge is -2.09. The molecule has 0 radical (unpaired) electrons. The van der Waals surface area contributed by atoms with Gasteiger partial charge in [0.1, 0.15) is 5.75 Å². The van der Waals surface area contributed by atoms with Crippen LogP contribution in [0.5, 0.6) is 5.75 Å². The summed E-state index contributed by atoms with van der Waals surface area (Å²) in [5.74, 6) is 0.414. The molecule has 0 aliphatic carbocycles. The predicted octanol–water partition coefficient (Wildman–Crippen LogP) is 3.61. The summed E-state index contributed by atoms with van der Waals surface area (Å²) in [4.78, 5) is 12.4. The second-order valence-corrected chi connectivity index (χ2v) is 5.37. The van der Waals surface area contributed by atoms with Crippen molar-refractivity contribution in [3.05, 3.63) is 59.5 Å². The Hall–Kier alpha value is -3.15. The Labute approximate surface area is 139 Å². The van der Waals surface area contributed by atoms with Gasteiger partial charge in [0.25, 0.3) is 0 Å². The Kier molecular flexibility index (Phi) is 4.29. The van der Waals surface area contributed by atoms with E-state index in [2.05, 4.69) is 15.5 Å². The van der Waals surface area contributed by atoms with Crippen LogP contribution in [0.25, 0.3) is 11.5 Å². The molecule has 0 atom stereocenters. The molecule has 1 N–H and O–H groups in total. The Morgan fingerprint density at radius 3 is 2.50 bits per heavy atom. The van der Waals surface area contributed by atoms with Crippen molar-refractivity contribution in [2.45, 2.75) is 13.8 Å². The number of carbonyl (C=O) groups excluding carboxylic acids is 1. The Balaban J connectivity index is 1.83. The summed E-state index contributed by atoms with van der Waals surface area (Å²) in [5.41, 5.74) is 3.38. The quantitative estimate of drug-likeness (QED) is 0.793. The standard InChI is InChI=1S/C18H17N3O3/c1-11-6-4-7-12(2)15(11)19-16(22)18-21-20-17(24-18)13-8-5-9-14(10-13)23-3/h4-10H,1-3H3,(H,19,22). The maximum absolute atomic E-state index is 12.4. The number of ether oxygens (including phenoxy) is 1. The number of benzene rings is 2. The first kappa shape index (κ1) is 15.7. The molecule has 0 fully saturated rings. The summed E-state index contributed by atoms with van der Waals surface area (Å²) in [5, 5.41) is 10.6. The molecule has 1 heterocycles. The maximum atomic E-state index is 12.4. The molecule has 3 aromatic rings. The number of anilines is 1. The lowest BCUT2D eigenvalue weighted by atomic mass is 10.1. The topological polar surface area (TPSA) is 77.2 Å². The molecule has 0 spiro atoms. The molecule has 6 heteroatoms. The van der Waals surface area contributed by atoms with Crippen molar-refractivity contribution in [1.29, 1.82) is 0 Å². The smallest absolute Gasteiger partial charge is 0.313 e. The summed E-state index contributed by atoms with van der Waals surface area (Å²) < 4.78 is 10.7. The Bertz CT molecular complexity index is 866. The number of aromatic nitrogens is 2. The minimum absolute atomic E-state index is 0.0875. The lowest BCUT2D eigenvalue weighted by Crippen LogP contribution is -2.14. The third-order valence-electron chi connectivity index (χ3n) is 3.66. The van der Waals surface area contributed by atoms with Gasteiger partial charge in [0.2, 0.25) is 5.89 Å². The van der Waals surface area contributed by atoms with Crippen LogP contribution in [0.15, 0.2) is 46.9 Å². The fourth-order valence-corrected chi connectivity index (χ4v) is 2.37. The number of hydrogen-bond donors (Lipinski definition) is 1. The zero-order valence-corrected chi connectivity index (χ0v) is 13.7. The summed E-state index contributed by atoms with van der Waals surface area (Å²) >= 11 is 0. The number of hydrogen-bond acceptors (Lipinski definition) is 5. The summed E-state index contributed by atoms with van der Waals surface area (Å²) in [6.07, 6.45) is 0. The summed E-state index contributed by atoms with van der Waals surface area (Å²) in [7, 11) is 1.58. The van der Waals surface area contributed by atoms with E-state index in [9.17, 15) is 4.79 Å². The number of methoxy groups -OCH3 is 1.